The Morgan fingerprint density at radius 3 is 2.70 bits per heavy atom. The maximum Gasteiger partial charge on any atom is 0.270 e. The number of nitrogens with zero attached hydrogens (tertiary/aromatic N) is 2. The van der Waals surface area contributed by atoms with E-state index in [-0.39, 0.29) is 12.5 Å². The van der Waals surface area contributed by atoms with Crippen LogP contribution in [0.1, 0.15) is 10.5 Å². The van der Waals surface area contributed by atoms with E-state index in [0.717, 1.165) is 43.6 Å². The average molecular weight is 317 g/mol. The Balaban J connectivity index is 1.52. The van der Waals surface area contributed by atoms with Gasteiger partial charge in [0.25, 0.3) is 5.91 Å². The van der Waals surface area contributed by atoms with Gasteiger partial charge in [-0.05, 0) is 12.1 Å². The molecule has 1 fully saturated rings. The van der Waals surface area contributed by atoms with E-state index in [0.29, 0.717) is 18.9 Å². The summed E-state index contributed by atoms with van der Waals surface area (Å²) in [6.45, 7) is 5.09. The third-order valence-corrected chi connectivity index (χ3v) is 4.21. The predicted molar refractivity (Wildman–Crippen MR) is 88.5 cm³/mol. The molecule has 6 heteroatoms. The minimum absolute atomic E-state index is 0.0623. The second-order valence-corrected chi connectivity index (χ2v) is 5.74. The predicted octanol–water partition coefficient (Wildman–Crippen LogP) is 0.935. The van der Waals surface area contributed by atoms with Crippen molar-refractivity contribution in [1.29, 1.82) is 0 Å². The molecular weight excluding hydrogens is 294 g/mol. The molecule has 0 atom stereocenters. The zero-order chi connectivity index (χ0) is 16.1. The van der Waals surface area contributed by atoms with Gasteiger partial charge in [-0.1, -0.05) is 18.2 Å². The van der Waals surface area contributed by atoms with E-state index in [9.17, 15) is 4.79 Å². The molecule has 3 rings (SSSR count). The number of aromatic amines is 1. The van der Waals surface area contributed by atoms with Crippen molar-refractivity contribution in [2.45, 2.75) is 0 Å². The van der Waals surface area contributed by atoms with Gasteiger partial charge in [-0.3, -0.25) is 9.69 Å². The van der Waals surface area contributed by atoms with Gasteiger partial charge in [-0.2, -0.15) is 0 Å². The molecule has 1 aromatic carbocycles. The third kappa shape index (κ3) is 3.90. The smallest absolute Gasteiger partial charge is 0.270 e. The zero-order valence-electron chi connectivity index (χ0n) is 13.2. The molecule has 124 valence electrons. The first-order valence-electron chi connectivity index (χ1n) is 8.06. The van der Waals surface area contributed by atoms with Crippen LogP contribution >= 0.6 is 0 Å². The molecule has 2 aromatic rings. The lowest BCUT2D eigenvalue weighted by molar-refractivity contribution is 0.0484. The van der Waals surface area contributed by atoms with Crippen LogP contribution in [0.5, 0.6) is 0 Å². The van der Waals surface area contributed by atoms with Crippen LogP contribution in [-0.4, -0.2) is 78.3 Å². The lowest BCUT2D eigenvalue weighted by Crippen LogP contribution is -2.49. The van der Waals surface area contributed by atoms with Crippen LogP contribution in [0, 0.1) is 0 Å². The number of para-hydroxylation sites is 1. The molecule has 1 aliphatic heterocycles. The van der Waals surface area contributed by atoms with Gasteiger partial charge < -0.3 is 19.7 Å². The molecule has 23 heavy (non-hydrogen) atoms. The number of carbonyl (C=O) groups is 1. The molecule has 2 heterocycles. The number of piperazine rings is 1. The number of aromatic nitrogens is 1. The van der Waals surface area contributed by atoms with Gasteiger partial charge in [-0.25, -0.2) is 0 Å². The average Bonchev–Trinajstić information content (AvgIpc) is 3.03. The molecule has 0 bridgehead atoms. The fourth-order valence-corrected chi connectivity index (χ4v) is 2.89. The normalized spacial score (nSPS) is 16.1. The van der Waals surface area contributed by atoms with Crippen LogP contribution < -0.4 is 0 Å². The van der Waals surface area contributed by atoms with E-state index >= 15 is 0 Å². The minimum Gasteiger partial charge on any atom is -0.394 e. The summed E-state index contributed by atoms with van der Waals surface area (Å²) in [6.07, 6.45) is 0. The highest BCUT2D eigenvalue weighted by Crippen LogP contribution is 2.16. The first-order valence-corrected chi connectivity index (χ1v) is 8.06. The maximum absolute atomic E-state index is 12.6. The van der Waals surface area contributed by atoms with E-state index in [1.807, 2.05) is 35.2 Å². The summed E-state index contributed by atoms with van der Waals surface area (Å²) in [5.41, 5.74) is 1.65. The molecule has 1 aliphatic rings. The Kier molecular flexibility index (Phi) is 5.27. The quantitative estimate of drug-likeness (QED) is 0.778. The number of carbonyl (C=O) groups excluding carboxylic acids is 1. The molecule has 0 saturated carbocycles. The number of H-pyrrole nitrogens is 1. The molecule has 1 aromatic heterocycles. The van der Waals surface area contributed by atoms with Crippen molar-refractivity contribution in [3.63, 3.8) is 0 Å². The van der Waals surface area contributed by atoms with Crippen LogP contribution in [0.15, 0.2) is 30.3 Å². The van der Waals surface area contributed by atoms with Gasteiger partial charge in [0.15, 0.2) is 0 Å². The summed E-state index contributed by atoms with van der Waals surface area (Å²) in [5.74, 6) is 0.0670. The monoisotopic (exact) mass is 317 g/mol. The molecular formula is C17H23N3O3. The topological polar surface area (TPSA) is 68.8 Å². The number of benzene rings is 1. The van der Waals surface area contributed by atoms with Crippen LogP contribution in [0.25, 0.3) is 10.9 Å². The van der Waals surface area contributed by atoms with E-state index in [4.69, 9.17) is 9.84 Å². The lowest BCUT2D eigenvalue weighted by atomic mass is 10.2. The Bertz CT molecular complexity index is 614. The number of aliphatic hydroxyl groups is 1. The number of aliphatic hydroxyl groups excluding tert-OH is 1. The van der Waals surface area contributed by atoms with Crippen molar-refractivity contribution in [1.82, 2.24) is 14.8 Å². The number of nitrogens with one attached hydrogen (secondary N) is 1. The third-order valence-electron chi connectivity index (χ3n) is 4.21. The lowest BCUT2D eigenvalue weighted by Gasteiger charge is -2.34. The van der Waals surface area contributed by atoms with Gasteiger partial charge in [-0.15, -0.1) is 0 Å². The van der Waals surface area contributed by atoms with Gasteiger partial charge >= 0.3 is 0 Å². The summed E-state index contributed by atoms with van der Waals surface area (Å²) in [5, 5.41) is 9.74. The Morgan fingerprint density at radius 2 is 1.96 bits per heavy atom. The highest BCUT2D eigenvalue weighted by Gasteiger charge is 2.22. The second-order valence-electron chi connectivity index (χ2n) is 5.74. The molecule has 0 spiro atoms. The highest BCUT2D eigenvalue weighted by atomic mass is 16.5. The number of rotatable bonds is 6. The fraction of sp³-hybridized carbons (Fsp3) is 0.471. The van der Waals surface area contributed by atoms with Gasteiger partial charge in [0.05, 0.1) is 19.8 Å². The SMILES string of the molecule is O=C(c1cc2ccccc2[nH]1)N1CCN(CCOCCO)CC1. The molecule has 0 unspecified atom stereocenters. The van der Waals surface area contributed by atoms with Crippen molar-refractivity contribution in [2.24, 2.45) is 0 Å². The standard InChI is InChI=1S/C17H23N3O3/c21-10-12-23-11-9-19-5-7-20(8-6-19)17(22)16-13-14-3-1-2-4-15(14)18-16/h1-4,13,18,21H,5-12H2. The Morgan fingerprint density at radius 1 is 1.17 bits per heavy atom. The molecule has 6 nitrogen and oxygen atoms in total. The Labute approximate surface area is 135 Å². The molecule has 0 radical (unpaired) electrons. The van der Waals surface area contributed by atoms with E-state index in [1.165, 1.54) is 0 Å². The van der Waals surface area contributed by atoms with Crippen LogP contribution in [0.4, 0.5) is 0 Å². The van der Waals surface area contributed by atoms with Gasteiger partial charge in [0, 0.05) is 43.6 Å². The highest BCUT2D eigenvalue weighted by molar-refractivity contribution is 5.98. The van der Waals surface area contributed by atoms with Crippen LogP contribution in [0.2, 0.25) is 0 Å². The van der Waals surface area contributed by atoms with Crippen molar-refractivity contribution >= 4 is 16.8 Å². The summed E-state index contributed by atoms with van der Waals surface area (Å²) >= 11 is 0. The zero-order valence-corrected chi connectivity index (χ0v) is 13.2. The minimum atomic E-state index is 0.0623. The summed E-state index contributed by atoms with van der Waals surface area (Å²) < 4.78 is 5.29. The molecule has 1 amide bonds. The first-order chi connectivity index (χ1) is 11.3. The van der Waals surface area contributed by atoms with Crippen LogP contribution in [-0.2, 0) is 4.74 Å². The fourth-order valence-electron chi connectivity index (χ4n) is 2.89. The van der Waals surface area contributed by atoms with E-state index < -0.39 is 0 Å². The van der Waals surface area contributed by atoms with E-state index in [1.54, 1.807) is 0 Å². The van der Waals surface area contributed by atoms with Gasteiger partial charge in [0.2, 0.25) is 0 Å². The van der Waals surface area contributed by atoms with E-state index in [2.05, 4.69) is 9.88 Å². The summed E-state index contributed by atoms with van der Waals surface area (Å²) in [7, 11) is 0. The largest absolute Gasteiger partial charge is 0.394 e. The number of hydrogen-bond acceptors (Lipinski definition) is 4. The number of amides is 1. The van der Waals surface area contributed by atoms with Gasteiger partial charge in [0.1, 0.15) is 5.69 Å². The molecule has 0 aliphatic carbocycles. The van der Waals surface area contributed by atoms with Crippen LogP contribution in [0.3, 0.4) is 0 Å². The van der Waals surface area contributed by atoms with Crippen molar-refractivity contribution in [3.05, 3.63) is 36.0 Å². The maximum atomic E-state index is 12.6. The first kappa shape index (κ1) is 16.0. The molecule has 2 N–H and O–H groups in total. The number of fused-ring (bicyclic) bond motifs is 1. The summed E-state index contributed by atoms with van der Waals surface area (Å²) in [6, 6.07) is 9.85. The second kappa shape index (κ2) is 7.59. The molecule has 1 saturated heterocycles. The van der Waals surface area contributed by atoms with Crippen molar-refractivity contribution in [2.75, 3.05) is 52.5 Å². The Hall–Kier alpha value is -1.89. The van der Waals surface area contributed by atoms with Crippen molar-refractivity contribution < 1.29 is 14.6 Å². The van der Waals surface area contributed by atoms with Crippen molar-refractivity contribution in [3.8, 4) is 0 Å². The number of ether oxygens (including phenoxy) is 1. The summed E-state index contributed by atoms with van der Waals surface area (Å²) in [4.78, 5) is 20.0. The number of hydrogen-bond donors (Lipinski definition) is 2.